The van der Waals surface area contributed by atoms with Crippen molar-refractivity contribution in [3.05, 3.63) is 12.2 Å². The molecule has 0 radical (unpaired) electrons. The number of aldehydes is 1. The zero-order chi connectivity index (χ0) is 13.0. The van der Waals surface area contributed by atoms with Gasteiger partial charge in [-0.05, 0) is 19.7 Å². The van der Waals surface area contributed by atoms with Gasteiger partial charge in [-0.2, -0.15) is 0 Å². The maximum absolute atomic E-state index is 10.1. The van der Waals surface area contributed by atoms with E-state index in [2.05, 4.69) is 4.74 Å². The Labute approximate surface area is 94.5 Å². The predicted octanol–water partition coefficient (Wildman–Crippen LogP) is -0.0628. The fourth-order valence-corrected chi connectivity index (χ4v) is 0.529. The van der Waals surface area contributed by atoms with Crippen LogP contribution in [0.4, 0.5) is 0 Å². The molecule has 0 bridgehead atoms. The third-order valence-corrected chi connectivity index (χ3v) is 1.46. The van der Waals surface area contributed by atoms with Gasteiger partial charge in [-0.1, -0.05) is 6.92 Å². The Morgan fingerprint density at radius 2 is 2.00 bits per heavy atom. The largest absolute Gasteiger partial charge is 0.480 e. The van der Waals surface area contributed by atoms with Crippen LogP contribution < -0.4 is 0 Å². The molecule has 0 rings (SSSR count). The maximum Gasteiger partial charge on any atom is 0.330 e. The molecule has 0 saturated carbocycles. The minimum atomic E-state index is -0.769. The lowest BCUT2D eigenvalue weighted by molar-refractivity contribution is -0.138. The number of aliphatic carboxylic acids is 1. The highest BCUT2D eigenvalue weighted by atomic mass is 16.5. The van der Waals surface area contributed by atoms with Gasteiger partial charge in [0, 0.05) is 6.08 Å². The summed E-state index contributed by atoms with van der Waals surface area (Å²) in [5.41, 5.74) is 0. The smallest absolute Gasteiger partial charge is 0.330 e. The SMILES string of the molecule is CCN(C)CC(=O)O.COC(=O)/C=C/C=O. The van der Waals surface area contributed by atoms with Crippen LogP contribution in [0.3, 0.4) is 0 Å². The van der Waals surface area contributed by atoms with Crippen molar-refractivity contribution in [2.45, 2.75) is 6.92 Å². The summed E-state index contributed by atoms with van der Waals surface area (Å²) in [4.78, 5) is 31.3. The summed E-state index contributed by atoms with van der Waals surface area (Å²) >= 11 is 0. The number of allylic oxidation sites excluding steroid dienone is 1. The average molecular weight is 231 g/mol. The van der Waals surface area contributed by atoms with Crippen LogP contribution in [0.25, 0.3) is 0 Å². The van der Waals surface area contributed by atoms with Crippen molar-refractivity contribution in [3.63, 3.8) is 0 Å². The number of carboxylic acid groups (broad SMARTS) is 1. The first kappa shape index (κ1) is 16.7. The van der Waals surface area contributed by atoms with Gasteiger partial charge in [0.1, 0.15) is 6.29 Å². The molecule has 1 N–H and O–H groups in total. The van der Waals surface area contributed by atoms with Crippen molar-refractivity contribution in [2.24, 2.45) is 0 Å². The first-order valence-corrected chi connectivity index (χ1v) is 4.58. The Kier molecular flexibility index (Phi) is 11.9. The monoisotopic (exact) mass is 231 g/mol. The van der Waals surface area contributed by atoms with Crippen molar-refractivity contribution < 1.29 is 24.2 Å². The van der Waals surface area contributed by atoms with Crippen LogP contribution in [0.15, 0.2) is 12.2 Å². The normalized spacial score (nSPS) is 9.50. The maximum atomic E-state index is 10.1. The Bertz CT molecular complexity index is 250. The third-order valence-electron chi connectivity index (χ3n) is 1.46. The fraction of sp³-hybridized carbons (Fsp3) is 0.500. The average Bonchev–Trinajstić information content (AvgIpc) is 2.25. The molecule has 0 fully saturated rings. The van der Waals surface area contributed by atoms with Crippen LogP contribution in [0.5, 0.6) is 0 Å². The van der Waals surface area contributed by atoms with Crippen LogP contribution >= 0.6 is 0 Å². The highest BCUT2D eigenvalue weighted by molar-refractivity contribution is 5.86. The molecule has 0 aromatic rings. The topological polar surface area (TPSA) is 83.9 Å². The number of methoxy groups -OCH3 is 1. The van der Waals surface area contributed by atoms with E-state index in [9.17, 15) is 14.4 Å². The van der Waals surface area contributed by atoms with Gasteiger partial charge in [0.2, 0.25) is 0 Å². The standard InChI is InChI=1S/C5H11NO2.C5H6O3/c1-3-6(2)4-5(7)8;1-8-5(7)3-2-4-6/h3-4H2,1-2H3,(H,7,8);2-4H,1H3/b;3-2+. The Balaban J connectivity index is 0. The number of nitrogens with zero attached hydrogens (tertiary/aromatic N) is 1. The molecule has 16 heavy (non-hydrogen) atoms. The second-order valence-electron chi connectivity index (χ2n) is 2.74. The van der Waals surface area contributed by atoms with Gasteiger partial charge in [-0.25, -0.2) is 4.79 Å². The minimum Gasteiger partial charge on any atom is -0.480 e. The molecule has 0 aliphatic heterocycles. The van der Waals surface area contributed by atoms with E-state index in [-0.39, 0.29) is 6.54 Å². The van der Waals surface area contributed by atoms with E-state index >= 15 is 0 Å². The molecule has 6 nitrogen and oxygen atoms in total. The van der Waals surface area contributed by atoms with E-state index in [1.165, 1.54) is 7.11 Å². The second-order valence-corrected chi connectivity index (χ2v) is 2.74. The fourth-order valence-electron chi connectivity index (χ4n) is 0.529. The lowest BCUT2D eigenvalue weighted by atomic mass is 10.5. The van der Waals surface area contributed by atoms with E-state index in [1.54, 1.807) is 11.9 Å². The van der Waals surface area contributed by atoms with Crippen molar-refractivity contribution in [3.8, 4) is 0 Å². The number of carboxylic acids is 1. The van der Waals surface area contributed by atoms with Gasteiger partial charge in [-0.15, -0.1) is 0 Å². The number of carbonyl (C=O) groups excluding carboxylic acids is 2. The Hall–Kier alpha value is -1.69. The zero-order valence-corrected chi connectivity index (χ0v) is 9.67. The summed E-state index contributed by atoms with van der Waals surface area (Å²) in [6.45, 7) is 2.84. The number of hydrogen-bond acceptors (Lipinski definition) is 5. The number of rotatable bonds is 5. The predicted molar refractivity (Wildman–Crippen MR) is 58.0 cm³/mol. The molecule has 0 amide bonds. The van der Waals surface area contributed by atoms with Gasteiger partial charge < -0.3 is 9.84 Å². The third kappa shape index (κ3) is 14.8. The van der Waals surface area contributed by atoms with E-state index in [0.29, 0.717) is 6.29 Å². The van der Waals surface area contributed by atoms with Crippen molar-refractivity contribution in [1.29, 1.82) is 0 Å². The van der Waals surface area contributed by atoms with Crippen molar-refractivity contribution in [1.82, 2.24) is 4.90 Å². The summed E-state index contributed by atoms with van der Waals surface area (Å²) in [7, 11) is 3.02. The molecule has 0 saturated heterocycles. The highest BCUT2D eigenvalue weighted by Gasteiger charge is 1.98. The number of likely N-dealkylation sites (N-methyl/N-ethyl adjacent to an activating group) is 1. The molecule has 0 spiro atoms. The lowest BCUT2D eigenvalue weighted by Gasteiger charge is -2.08. The molecular weight excluding hydrogens is 214 g/mol. The summed E-state index contributed by atoms with van der Waals surface area (Å²) < 4.78 is 4.17. The molecule has 6 heteroatoms. The van der Waals surface area contributed by atoms with E-state index in [4.69, 9.17) is 5.11 Å². The van der Waals surface area contributed by atoms with E-state index in [0.717, 1.165) is 18.7 Å². The summed E-state index contributed by atoms with van der Waals surface area (Å²) in [5, 5.41) is 8.17. The molecular formula is C10H17NO5. The zero-order valence-electron chi connectivity index (χ0n) is 9.67. The number of hydrogen-bond donors (Lipinski definition) is 1. The van der Waals surface area contributed by atoms with Gasteiger partial charge in [-0.3, -0.25) is 14.5 Å². The molecule has 0 aromatic carbocycles. The van der Waals surface area contributed by atoms with E-state index < -0.39 is 11.9 Å². The molecule has 0 aliphatic rings. The minimum absolute atomic E-state index is 0.135. The summed E-state index contributed by atoms with van der Waals surface area (Å²) in [6.07, 6.45) is 2.63. The van der Waals surface area contributed by atoms with Crippen LogP contribution in [-0.4, -0.2) is 55.5 Å². The molecule has 92 valence electrons. The number of esters is 1. The van der Waals surface area contributed by atoms with Crippen LogP contribution in [0.2, 0.25) is 0 Å². The lowest BCUT2D eigenvalue weighted by Crippen LogP contribution is -2.24. The first-order valence-electron chi connectivity index (χ1n) is 4.58. The Morgan fingerprint density at radius 1 is 1.44 bits per heavy atom. The van der Waals surface area contributed by atoms with Crippen LogP contribution in [0.1, 0.15) is 6.92 Å². The molecule has 0 atom stereocenters. The Morgan fingerprint density at radius 3 is 2.25 bits per heavy atom. The molecule has 0 aliphatic carbocycles. The van der Waals surface area contributed by atoms with Gasteiger partial charge in [0.25, 0.3) is 0 Å². The summed E-state index contributed by atoms with van der Waals surface area (Å²) in [5.74, 6) is -1.29. The van der Waals surface area contributed by atoms with Gasteiger partial charge in [0.15, 0.2) is 0 Å². The quantitative estimate of drug-likeness (QED) is 0.405. The van der Waals surface area contributed by atoms with Gasteiger partial charge in [0.05, 0.1) is 13.7 Å². The second kappa shape index (κ2) is 11.4. The number of ether oxygens (including phenoxy) is 1. The van der Waals surface area contributed by atoms with Gasteiger partial charge >= 0.3 is 11.9 Å². The van der Waals surface area contributed by atoms with E-state index in [1.807, 2.05) is 6.92 Å². The van der Waals surface area contributed by atoms with Crippen LogP contribution in [0, 0.1) is 0 Å². The van der Waals surface area contributed by atoms with Crippen molar-refractivity contribution in [2.75, 3.05) is 27.2 Å². The molecule has 0 unspecified atom stereocenters. The van der Waals surface area contributed by atoms with Crippen LogP contribution in [-0.2, 0) is 19.1 Å². The molecule has 0 aromatic heterocycles. The number of carbonyl (C=O) groups is 3. The highest BCUT2D eigenvalue weighted by Crippen LogP contribution is 1.77. The molecule has 0 heterocycles. The summed E-state index contributed by atoms with van der Waals surface area (Å²) in [6, 6.07) is 0. The first-order chi connectivity index (χ1) is 7.47. The van der Waals surface area contributed by atoms with Crippen molar-refractivity contribution >= 4 is 18.2 Å².